The summed E-state index contributed by atoms with van der Waals surface area (Å²) < 4.78 is 42.1. The van der Waals surface area contributed by atoms with Gasteiger partial charge in [0.25, 0.3) is 0 Å². The van der Waals surface area contributed by atoms with Crippen molar-refractivity contribution in [3.8, 4) is 0 Å². The van der Waals surface area contributed by atoms with E-state index in [2.05, 4.69) is 0 Å². The van der Waals surface area contributed by atoms with Crippen molar-refractivity contribution in [2.24, 2.45) is 0 Å². The van der Waals surface area contributed by atoms with Crippen LogP contribution in [0.4, 0.5) is 0 Å². The fourth-order valence-electron chi connectivity index (χ4n) is 0. The second-order valence-electron chi connectivity index (χ2n) is 0.654. The van der Waals surface area contributed by atoms with Gasteiger partial charge in [-0.25, -0.2) is 0 Å². The molecule has 5 nitrogen and oxygen atoms in total. The molecule has 0 unspecified atom stereocenters. The summed E-state index contributed by atoms with van der Waals surface area (Å²) in [4.78, 5) is 0. The predicted molar refractivity (Wildman–Crippen MR) is 4.96 cm³/mol. The first-order chi connectivity index (χ1) is 2.24. The van der Waals surface area contributed by atoms with Gasteiger partial charge in [-0.2, -0.15) is 0 Å². The Morgan fingerprint density at radius 1 is 1.00 bits per heavy atom. The molecule has 0 aliphatic carbocycles. The molecule has 0 heterocycles. The average molecular weight is 267 g/mol. The fraction of sp³-hybridized carbons (Fsp3) is 0. The van der Waals surface area contributed by atoms with Crippen LogP contribution in [-0.2, 0) is 28.4 Å². The molecule has 1 N–H and O–H groups in total. The molecule has 0 saturated heterocycles. The van der Waals surface area contributed by atoms with Gasteiger partial charge in [0.05, 0.1) is 0 Å². The van der Waals surface area contributed by atoms with Crippen LogP contribution in [0.15, 0.2) is 0 Å². The van der Waals surface area contributed by atoms with Crippen molar-refractivity contribution in [3.63, 3.8) is 0 Å². The zero-order chi connectivity index (χ0) is 5.45. The molecular weight excluding hydrogens is 266 g/mol. The zero-order valence-electron chi connectivity index (χ0n) is 2.46. The third-order valence-electron chi connectivity index (χ3n) is 0. The monoisotopic (exact) mass is 268 g/mol. The SMILES string of the molecule is [O]=[Re](=[O])(=[O])(=[O])[OH]. The van der Waals surface area contributed by atoms with Gasteiger partial charge < -0.3 is 0 Å². The molecule has 38 valence electrons. The van der Waals surface area contributed by atoms with Crippen molar-refractivity contribution >= 4 is 0 Å². The molecule has 0 aliphatic rings. The van der Waals surface area contributed by atoms with Crippen molar-refractivity contribution in [2.45, 2.75) is 0 Å². The van der Waals surface area contributed by atoms with Gasteiger partial charge in [0, 0.05) is 0 Å². The van der Waals surface area contributed by atoms with Crippen LogP contribution in [0, 0.1) is 0 Å². The Labute approximate surface area is 33.0 Å². The second kappa shape index (κ2) is 0.730. The molecule has 0 aromatic rings. The van der Waals surface area contributed by atoms with E-state index in [1.807, 2.05) is 0 Å². The van der Waals surface area contributed by atoms with Gasteiger partial charge >= 0.3 is 32.2 Å². The Bertz CT molecular complexity index is 234. The van der Waals surface area contributed by atoms with Crippen molar-refractivity contribution in [1.82, 2.24) is 0 Å². The van der Waals surface area contributed by atoms with E-state index < -0.39 is 14.5 Å². The summed E-state index contributed by atoms with van der Waals surface area (Å²) in [6, 6.07) is 0. The van der Waals surface area contributed by atoms with Crippen molar-refractivity contribution in [3.05, 3.63) is 0 Å². The molecule has 0 radical (unpaired) electrons. The van der Waals surface area contributed by atoms with E-state index in [0.29, 0.717) is 0 Å². The summed E-state index contributed by atoms with van der Waals surface area (Å²) >= 11 is -7.70. The summed E-state index contributed by atoms with van der Waals surface area (Å²) in [7, 11) is 0. The number of rotatable bonds is 0. The second-order valence-corrected chi connectivity index (χ2v) is 5.35. The van der Waals surface area contributed by atoms with Crippen LogP contribution in [-0.4, -0.2) is 3.83 Å². The van der Waals surface area contributed by atoms with Gasteiger partial charge in [-0.15, -0.1) is 0 Å². The minimum atomic E-state index is -7.70. The summed E-state index contributed by atoms with van der Waals surface area (Å²) in [6.07, 6.45) is 0. The summed E-state index contributed by atoms with van der Waals surface area (Å²) in [5.74, 6) is 0. The van der Waals surface area contributed by atoms with Gasteiger partial charge in [0.2, 0.25) is 0 Å². The van der Waals surface area contributed by atoms with Crippen molar-refractivity contribution in [2.75, 3.05) is 0 Å². The third-order valence-corrected chi connectivity index (χ3v) is 0. The molecule has 0 aromatic heterocycles. The first-order valence-corrected chi connectivity index (χ1v) is 6.44. The molecule has 0 aliphatic heterocycles. The van der Waals surface area contributed by atoms with Crippen LogP contribution in [0.1, 0.15) is 0 Å². The molecule has 6 heavy (non-hydrogen) atoms. The van der Waals surface area contributed by atoms with Crippen LogP contribution < -0.4 is 0 Å². The van der Waals surface area contributed by atoms with E-state index >= 15 is 0 Å². The van der Waals surface area contributed by atoms with E-state index in [1.165, 1.54) is 0 Å². The van der Waals surface area contributed by atoms with E-state index in [1.54, 1.807) is 0 Å². The molecule has 6 heteroatoms. The van der Waals surface area contributed by atoms with E-state index in [9.17, 15) is 0 Å². The summed E-state index contributed by atoms with van der Waals surface area (Å²) in [6.45, 7) is 0. The van der Waals surface area contributed by atoms with Gasteiger partial charge in [-0.3, -0.25) is 0 Å². The molecular formula is HO5Re. The summed E-state index contributed by atoms with van der Waals surface area (Å²) in [5, 5.41) is 0. The normalized spacial score (nSPS) is 14.3. The predicted octanol–water partition coefficient (Wildman–Crippen LogP) is -1.03. The van der Waals surface area contributed by atoms with Crippen molar-refractivity contribution in [1.29, 1.82) is 0 Å². The fourth-order valence-corrected chi connectivity index (χ4v) is 0. The Morgan fingerprint density at radius 2 is 1.00 bits per heavy atom. The average Bonchev–Trinajstić information content (AvgIpc) is 0.650. The Kier molecular flexibility index (Phi) is 0.709. The van der Waals surface area contributed by atoms with Crippen molar-refractivity contribution < 1.29 is 32.2 Å². The Hall–Kier alpha value is -0.178. The van der Waals surface area contributed by atoms with E-state index in [4.69, 9.17) is 17.7 Å². The van der Waals surface area contributed by atoms with Crippen LogP contribution in [0.5, 0.6) is 0 Å². The van der Waals surface area contributed by atoms with Gasteiger partial charge in [0.15, 0.2) is 0 Å². The minimum absolute atomic E-state index is 6.97. The van der Waals surface area contributed by atoms with Crippen LogP contribution in [0.2, 0.25) is 0 Å². The molecule has 0 aromatic carbocycles. The van der Waals surface area contributed by atoms with Gasteiger partial charge in [-0.05, 0) is 0 Å². The molecule has 0 spiro atoms. The number of hydrogen-bond donors (Lipinski definition) is 1. The molecule has 0 saturated carbocycles. The van der Waals surface area contributed by atoms with E-state index in [-0.39, 0.29) is 0 Å². The zero-order valence-corrected chi connectivity index (χ0v) is 5.17. The Balaban J connectivity index is 6.26. The first-order valence-electron chi connectivity index (χ1n) is 0.786. The molecule has 0 atom stereocenters. The van der Waals surface area contributed by atoms with Gasteiger partial charge in [0.1, 0.15) is 0 Å². The standard InChI is InChI=1S/H2O.4O.Re/h1H2;;;;;/q;;;;;+1/p-1. The molecule has 0 amide bonds. The van der Waals surface area contributed by atoms with Gasteiger partial charge in [-0.1, -0.05) is 0 Å². The quantitative estimate of drug-likeness (QED) is 0.606. The van der Waals surface area contributed by atoms with Crippen LogP contribution in [0.3, 0.4) is 0 Å². The summed E-state index contributed by atoms with van der Waals surface area (Å²) in [5.41, 5.74) is 0. The third kappa shape index (κ3) is 965. The molecule has 0 fully saturated rings. The van der Waals surface area contributed by atoms with Crippen LogP contribution in [0.25, 0.3) is 0 Å². The van der Waals surface area contributed by atoms with E-state index in [0.717, 1.165) is 0 Å². The maximum atomic E-state index is 8.77. The topological polar surface area (TPSA) is 88.5 Å². The number of hydrogen-bond acceptors (Lipinski definition) is 4. The molecule has 0 bridgehead atoms. The van der Waals surface area contributed by atoms with Crippen LogP contribution >= 0.6 is 0 Å². The maximum absolute atomic E-state index is 8.77. The Morgan fingerprint density at radius 3 is 1.00 bits per heavy atom. The first kappa shape index (κ1) is 5.82. The molecule has 0 rings (SSSR count).